The van der Waals surface area contributed by atoms with Crippen LogP contribution in [0.5, 0.6) is 5.75 Å². The zero-order valence-corrected chi connectivity index (χ0v) is 28.6. The molecule has 10 nitrogen and oxygen atoms in total. The summed E-state index contributed by atoms with van der Waals surface area (Å²) in [7, 11) is 2.09. The smallest absolute Gasteiger partial charge is 0.246 e. The number of pyridine rings is 1. The first kappa shape index (κ1) is 34.8. The minimum atomic E-state index is -0.859. The summed E-state index contributed by atoms with van der Waals surface area (Å²) in [6, 6.07) is 22.2. The van der Waals surface area contributed by atoms with E-state index in [4.69, 9.17) is 10.8 Å². The molecule has 2 aromatic heterocycles. The fourth-order valence-electron chi connectivity index (χ4n) is 6.19. The van der Waals surface area contributed by atoms with Crippen molar-refractivity contribution < 1.29 is 14.7 Å². The Hall–Kier alpha value is -4.54. The van der Waals surface area contributed by atoms with Gasteiger partial charge in [0.2, 0.25) is 11.8 Å². The number of amides is 2. The average molecular weight is 652 g/mol. The summed E-state index contributed by atoms with van der Waals surface area (Å²) >= 11 is 0. The van der Waals surface area contributed by atoms with Crippen molar-refractivity contribution in [1.82, 2.24) is 24.6 Å². The number of carbonyl (C=O) groups is 2. The molecule has 0 aliphatic carbocycles. The third kappa shape index (κ3) is 8.87. The van der Waals surface area contributed by atoms with Crippen molar-refractivity contribution >= 4 is 17.6 Å². The molecule has 1 aliphatic rings. The Morgan fingerprint density at radius 1 is 1.06 bits per heavy atom. The lowest BCUT2D eigenvalue weighted by Crippen LogP contribution is -2.49. The molecule has 0 bridgehead atoms. The van der Waals surface area contributed by atoms with Crippen LogP contribution in [0.1, 0.15) is 64.0 Å². The molecule has 48 heavy (non-hydrogen) atoms. The minimum Gasteiger partial charge on any atom is -0.508 e. The maximum Gasteiger partial charge on any atom is 0.246 e. The molecule has 2 amide bonds. The summed E-state index contributed by atoms with van der Waals surface area (Å²) < 4.78 is 1.87. The number of rotatable bonds is 13. The van der Waals surface area contributed by atoms with Crippen molar-refractivity contribution in [3.8, 4) is 22.8 Å². The van der Waals surface area contributed by atoms with Gasteiger partial charge in [-0.2, -0.15) is 5.10 Å². The molecular formula is C38H49N7O3. The van der Waals surface area contributed by atoms with Crippen LogP contribution in [0.15, 0.2) is 79.0 Å². The van der Waals surface area contributed by atoms with Crippen LogP contribution in [0.25, 0.3) is 17.1 Å². The number of phenolic OH excluding ortho intramolecular Hbond substituents is 1. The van der Waals surface area contributed by atoms with Crippen LogP contribution >= 0.6 is 0 Å². The van der Waals surface area contributed by atoms with Crippen molar-refractivity contribution in [2.24, 2.45) is 5.73 Å². The van der Waals surface area contributed by atoms with Crippen LogP contribution in [0.2, 0.25) is 0 Å². The first-order valence-corrected chi connectivity index (χ1v) is 16.9. The lowest BCUT2D eigenvalue weighted by Gasteiger charge is -2.27. The van der Waals surface area contributed by atoms with Crippen molar-refractivity contribution in [2.75, 3.05) is 32.0 Å². The third-order valence-electron chi connectivity index (χ3n) is 9.12. The highest BCUT2D eigenvalue weighted by atomic mass is 16.3. The first-order chi connectivity index (χ1) is 23.0. The second kappa shape index (κ2) is 15.6. The van der Waals surface area contributed by atoms with Crippen molar-refractivity contribution in [3.05, 3.63) is 90.1 Å². The van der Waals surface area contributed by atoms with Crippen LogP contribution in [0, 0.1) is 0 Å². The zero-order valence-electron chi connectivity index (χ0n) is 28.6. The van der Waals surface area contributed by atoms with E-state index in [2.05, 4.69) is 67.3 Å². The molecule has 1 saturated heterocycles. The molecule has 4 N–H and O–H groups in total. The predicted molar refractivity (Wildman–Crippen MR) is 190 cm³/mol. The standard InChI is InChI=1S/C38H49N7O3/c1-38(2,3)28-14-16-30(17-15-28)45-35(26-34(42-45)33-10-5-6-21-40-33)41-22-7-11-36(47)44(24-20-29-9-8-23-43(29)4)37(48)32(39)25-27-12-18-31(46)19-13-27/h5-6,10,12-19,21,26,29,32,41,46H,7-9,11,20,22-25,39H2,1-4H3/t29?,32-/m0/s1. The van der Waals surface area contributed by atoms with E-state index in [0.717, 1.165) is 54.3 Å². The summed E-state index contributed by atoms with van der Waals surface area (Å²) in [6.45, 7) is 8.44. The zero-order chi connectivity index (χ0) is 34.3. The van der Waals surface area contributed by atoms with E-state index in [0.29, 0.717) is 25.6 Å². The van der Waals surface area contributed by atoms with Crippen LogP contribution in [-0.4, -0.2) is 80.3 Å². The Morgan fingerprint density at radius 2 is 1.81 bits per heavy atom. The highest BCUT2D eigenvalue weighted by Crippen LogP contribution is 2.27. The van der Waals surface area contributed by atoms with E-state index in [1.165, 1.54) is 10.5 Å². The van der Waals surface area contributed by atoms with Crippen LogP contribution in [0.4, 0.5) is 5.82 Å². The number of hydrogen-bond donors (Lipinski definition) is 3. The Labute approximate surface area is 284 Å². The Kier molecular flexibility index (Phi) is 11.3. The van der Waals surface area contributed by atoms with Crippen LogP contribution in [-0.2, 0) is 21.4 Å². The molecule has 0 spiro atoms. The van der Waals surface area contributed by atoms with E-state index >= 15 is 0 Å². The molecule has 3 heterocycles. The molecule has 2 atom stereocenters. The van der Waals surface area contributed by atoms with E-state index in [1.807, 2.05) is 28.9 Å². The molecule has 5 rings (SSSR count). The fraction of sp³-hybridized carbons (Fsp3) is 0.421. The molecule has 254 valence electrons. The summed E-state index contributed by atoms with van der Waals surface area (Å²) in [5, 5.41) is 18.0. The van der Waals surface area contributed by atoms with Gasteiger partial charge in [-0.3, -0.25) is 19.5 Å². The van der Waals surface area contributed by atoms with E-state index in [-0.39, 0.29) is 35.8 Å². The maximum atomic E-state index is 13.6. The third-order valence-corrected chi connectivity index (χ3v) is 9.12. The van der Waals surface area contributed by atoms with Crippen molar-refractivity contribution in [1.29, 1.82) is 0 Å². The number of phenols is 1. The van der Waals surface area contributed by atoms with Crippen molar-refractivity contribution in [3.63, 3.8) is 0 Å². The average Bonchev–Trinajstić information content (AvgIpc) is 3.70. The van der Waals surface area contributed by atoms with Gasteiger partial charge in [0.1, 0.15) is 17.3 Å². The number of aromatic hydroxyl groups is 1. The summed E-state index contributed by atoms with van der Waals surface area (Å²) in [6.07, 6.45) is 5.66. The van der Waals surface area contributed by atoms with E-state index in [9.17, 15) is 14.7 Å². The molecule has 1 fully saturated rings. The Morgan fingerprint density at radius 3 is 2.46 bits per heavy atom. The number of benzene rings is 2. The SMILES string of the molecule is CN1CCCC1CCN(C(=O)CCCNc1cc(-c2ccccn2)nn1-c1ccc(C(C)(C)C)cc1)C(=O)[C@@H](N)Cc1ccc(O)cc1. The molecule has 1 aliphatic heterocycles. The largest absolute Gasteiger partial charge is 0.508 e. The molecule has 2 aromatic carbocycles. The molecule has 1 unspecified atom stereocenters. The molecule has 0 saturated carbocycles. The van der Waals surface area contributed by atoms with Gasteiger partial charge in [-0.1, -0.05) is 51.1 Å². The highest BCUT2D eigenvalue weighted by molar-refractivity contribution is 5.97. The number of hydrogen-bond acceptors (Lipinski definition) is 8. The van der Waals surface area contributed by atoms with Gasteiger partial charge in [-0.25, -0.2) is 4.68 Å². The normalized spacial score (nSPS) is 15.7. The van der Waals surface area contributed by atoms with Gasteiger partial charge >= 0.3 is 0 Å². The highest BCUT2D eigenvalue weighted by Gasteiger charge is 2.29. The van der Waals surface area contributed by atoms with Gasteiger partial charge in [-0.15, -0.1) is 0 Å². The van der Waals surface area contributed by atoms with Gasteiger partial charge in [0.15, 0.2) is 0 Å². The number of nitrogens with zero attached hydrogens (tertiary/aromatic N) is 5. The molecule has 4 aromatic rings. The maximum absolute atomic E-state index is 13.6. The Bertz CT molecular complexity index is 1650. The van der Waals surface area contributed by atoms with E-state index in [1.54, 1.807) is 30.5 Å². The fourth-order valence-corrected chi connectivity index (χ4v) is 6.19. The van der Waals surface area contributed by atoms with Crippen LogP contribution in [0.3, 0.4) is 0 Å². The number of carbonyl (C=O) groups excluding carboxylic acids is 2. The van der Waals surface area contributed by atoms with Gasteiger partial charge in [0.25, 0.3) is 0 Å². The van der Waals surface area contributed by atoms with E-state index < -0.39 is 6.04 Å². The molecular weight excluding hydrogens is 602 g/mol. The number of likely N-dealkylation sites (tertiary alicyclic amines) is 1. The molecule has 0 radical (unpaired) electrons. The lowest BCUT2D eigenvalue weighted by molar-refractivity contribution is -0.146. The first-order valence-electron chi connectivity index (χ1n) is 16.9. The summed E-state index contributed by atoms with van der Waals surface area (Å²) in [4.78, 5) is 35.4. The van der Waals surface area contributed by atoms with Crippen molar-refractivity contribution in [2.45, 2.75) is 76.8 Å². The quantitative estimate of drug-likeness (QED) is 0.161. The van der Waals surface area contributed by atoms with Gasteiger partial charge in [0.05, 0.1) is 17.4 Å². The minimum absolute atomic E-state index is 0.0348. The Balaban J connectivity index is 1.26. The predicted octanol–water partition coefficient (Wildman–Crippen LogP) is 5.54. The van der Waals surface area contributed by atoms with Gasteiger partial charge in [0, 0.05) is 37.8 Å². The number of nitrogens with two attached hydrogens (primary N) is 1. The number of aromatic nitrogens is 3. The van der Waals surface area contributed by atoms with Gasteiger partial charge < -0.3 is 21.1 Å². The summed E-state index contributed by atoms with van der Waals surface area (Å²) in [5.74, 6) is 0.362. The second-order valence-electron chi connectivity index (χ2n) is 13.8. The second-order valence-corrected chi connectivity index (χ2v) is 13.8. The molecule has 10 heteroatoms. The number of anilines is 1. The van der Waals surface area contributed by atoms with Crippen LogP contribution < -0.4 is 11.1 Å². The van der Waals surface area contributed by atoms with Gasteiger partial charge in [-0.05, 0) is 98.6 Å². The topological polar surface area (TPSA) is 130 Å². The number of nitrogens with one attached hydrogen (secondary N) is 1. The number of imide groups is 1. The lowest BCUT2D eigenvalue weighted by atomic mass is 9.87. The summed E-state index contributed by atoms with van der Waals surface area (Å²) in [5.41, 5.74) is 10.9. The monoisotopic (exact) mass is 651 g/mol.